The lowest BCUT2D eigenvalue weighted by atomic mass is 10.1. The van der Waals surface area contributed by atoms with Crippen molar-refractivity contribution in [2.24, 2.45) is 0 Å². The number of carbonyl (C=O) groups excluding carboxylic acids is 1. The molecule has 0 bridgehead atoms. The number of esters is 1. The van der Waals surface area contributed by atoms with E-state index in [2.05, 4.69) is 15.0 Å². The molecule has 0 aliphatic carbocycles. The van der Waals surface area contributed by atoms with E-state index in [4.69, 9.17) is 4.74 Å². The summed E-state index contributed by atoms with van der Waals surface area (Å²) < 4.78 is 4.90. The van der Waals surface area contributed by atoms with E-state index in [-0.39, 0.29) is 10.7 Å². The first kappa shape index (κ1) is 18.1. The number of rotatable bonds is 4. The van der Waals surface area contributed by atoms with E-state index in [9.17, 15) is 14.4 Å². The van der Waals surface area contributed by atoms with Crippen LogP contribution in [0.1, 0.15) is 18.2 Å². The monoisotopic (exact) mass is 363 g/mol. The third-order valence-electron chi connectivity index (χ3n) is 3.68. The van der Waals surface area contributed by atoms with Crippen LogP contribution in [0.2, 0.25) is 0 Å². The minimum atomic E-state index is -0.448. The second-order valence-corrected chi connectivity index (χ2v) is 5.79. The summed E-state index contributed by atoms with van der Waals surface area (Å²) in [4.78, 5) is 44.6. The first-order valence-corrected chi connectivity index (χ1v) is 8.24. The molecule has 136 valence electrons. The minimum Gasteiger partial charge on any atom is -0.425 e. The van der Waals surface area contributed by atoms with Gasteiger partial charge in [0.05, 0.1) is 11.9 Å². The highest BCUT2D eigenvalue weighted by molar-refractivity contribution is 5.69. The van der Waals surface area contributed by atoms with Crippen LogP contribution in [0, 0.1) is 0 Å². The average Bonchev–Trinajstić information content (AvgIpc) is 2.65. The van der Waals surface area contributed by atoms with Gasteiger partial charge in [-0.05, 0) is 30.2 Å². The van der Waals surface area contributed by atoms with E-state index < -0.39 is 17.1 Å². The highest BCUT2D eigenvalue weighted by atomic mass is 16.5. The first-order chi connectivity index (χ1) is 13.0. The van der Waals surface area contributed by atoms with E-state index in [1.54, 1.807) is 18.2 Å². The number of aromatic amines is 2. The van der Waals surface area contributed by atoms with Crippen molar-refractivity contribution >= 4 is 18.1 Å². The predicted octanol–water partition coefficient (Wildman–Crippen LogP) is 0.235. The molecule has 2 N–H and O–H groups in total. The molecule has 0 atom stereocenters. The average molecular weight is 363 g/mol. The van der Waals surface area contributed by atoms with Gasteiger partial charge in [-0.25, -0.2) is 0 Å². The summed E-state index contributed by atoms with van der Waals surface area (Å²) in [5.74, 6) is -0.149. The van der Waals surface area contributed by atoms with Crippen LogP contribution >= 0.6 is 0 Å². The Morgan fingerprint density at radius 3 is 2.41 bits per heavy atom. The number of pyridine rings is 1. The number of H-pyrrole nitrogens is 2. The van der Waals surface area contributed by atoms with Crippen LogP contribution in [0.5, 0.6) is 5.75 Å². The summed E-state index contributed by atoms with van der Waals surface area (Å²) in [5.41, 5.74) is 0.645. The van der Waals surface area contributed by atoms with Crippen LogP contribution in [-0.2, 0) is 11.2 Å². The van der Waals surface area contributed by atoms with Gasteiger partial charge in [0.1, 0.15) is 16.4 Å². The van der Waals surface area contributed by atoms with Crippen LogP contribution in [-0.4, -0.2) is 20.9 Å². The molecular weight excluding hydrogens is 346 g/mol. The Morgan fingerprint density at radius 1 is 1.04 bits per heavy atom. The molecular formula is C20H17N3O4. The van der Waals surface area contributed by atoms with E-state index in [0.29, 0.717) is 17.9 Å². The molecule has 0 amide bonds. The molecule has 0 aliphatic heterocycles. The fourth-order valence-electron chi connectivity index (χ4n) is 2.42. The quantitative estimate of drug-likeness (QED) is 0.646. The van der Waals surface area contributed by atoms with E-state index in [0.717, 1.165) is 5.56 Å². The van der Waals surface area contributed by atoms with Gasteiger partial charge < -0.3 is 14.7 Å². The molecule has 27 heavy (non-hydrogen) atoms. The Bertz CT molecular complexity index is 1180. The molecule has 0 aliphatic rings. The number of benzene rings is 1. The van der Waals surface area contributed by atoms with Crippen LogP contribution < -0.4 is 26.6 Å². The van der Waals surface area contributed by atoms with Crippen molar-refractivity contribution in [2.75, 3.05) is 0 Å². The Kier molecular flexibility index (Phi) is 5.41. The van der Waals surface area contributed by atoms with Gasteiger partial charge in [0.2, 0.25) is 0 Å². The number of hydrogen-bond donors (Lipinski definition) is 2. The van der Waals surface area contributed by atoms with Crippen molar-refractivity contribution in [2.45, 2.75) is 13.3 Å². The van der Waals surface area contributed by atoms with Gasteiger partial charge in [0.15, 0.2) is 0 Å². The third-order valence-corrected chi connectivity index (χ3v) is 3.68. The van der Waals surface area contributed by atoms with Crippen molar-refractivity contribution < 1.29 is 9.53 Å². The summed E-state index contributed by atoms with van der Waals surface area (Å²) in [5, 5.41) is 0.295. The number of carbonyl (C=O) groups is 1. The van der Waals surface area contributed by atoms with Crippen LogP contribution in [0.15, 0.2) is 58.3 Å². The highest BCUT2D eigenvalue weighted by Crippen LogP contribution is 2.09. The fourth-order valence-corrected chi connectivity index (χ4v) is 2.42. The number of nitrogens with zero attached hydrogens (tertiary/aromatic N) is 1. The Balaban J connectivity index is 1.90. The number of nitrogens with one attached hydrogen (secondary N) is 2. The van der Waals surface area contributed by atoms with Crippen LogP contribution in [0.3, 0.4) is 0 Å². The standard InChI is InChI=1S/C20H17N3O4/c1-13(24)27-16-9-8-15(21-12-16)11-18-20(26)22-17(19(25)23-18)10-7-14-5-3-2-4-6-14/h2-6,8-12H,7H2,1H3,(H,22,26)(H,23,25). The molecule has 0 unspecified atom stereocenters. The smallest absolute Gasteiger partial charge is 0.308 e. The van der Waals surface area contributed by atoms with Crippen LogP contribution in [0.4, 0.5) is 0 Å². The van der Waals surface area contributed by atoms with Crippen molar-refractivity contribution in [3.8, 4) is 5.75 Å². The molecule has 3 rings (SSSR count). The molecule has 0 radical (unpaired) electrons. The minimum absolute atomic E-state index is 0.0876. The van der Waals surface area contributed by atoms with E-state index in [1.807, 2.05) is 30.3 Å². The summed E-state index contributed by atoms with van der Waals surface area (Å²) in [6.45, 7) is 1.29. The molecule has 1 aromatic carbocycles. The highest BCUT2D eigenvalue weighted by Gasteiger charge is 2.00. The maximum atomic E-state index is 12.2. The number of aromatic nitrogens is 3. The van der Waals surface area contributed by atoms with Crippen molar-refractivity contribution in [3.63, 3.8) is 0 Å². The van der Waals surface area contributed by atoms with Crippen molar-refractivity contribution in [3.05, 3.63) is 91.3 Å². The van der Waals surface area contributed by atoms with Gasteiger partial charge in [-0.3, -0.25) is 19.4 Å². The Hall–Kier alpha value is -3.74. The molecule has 0 saturated carbocycles. The fraction of sp³-hybridized carbons (Fsp3) is 0.100. The number of hydrogen-bond acceptors (Lipinski definition) is 5. The van der Waals surface area contributed by atoms with Gasteiger partial charge >= 0.3 is 5.97 Å². The lowest BCUT2D eigenvalue weighted by Crippen LogP contribution is -2.46. The van der Waals surface area contributed by atoms with Gasteiger partial charge in [-0.15, -0.1) is 0 Å². The molecule has 7 nitrogen and oxygen atoms in total. The lowest BCUT2D eigenvalue weighted by molar-refractivity contribution is -0.131. The molecule has 0 fully saturated rings. The van der Waals surface area contributed by atoms with Gasteiger partial charge in [0.25, 0.3) is 11.1 Å². The van der Waals surface area contributed by atoms with Gasteiger partial charge in [0, 0.05) is 6.92 Å². The van der Waals surface area contributed by atoms with Crippen LogP contribution in [0.25, 0.3) is 12.2 Å². The molecule has 2 aromatic heterocycles. The van der Waals surface area contributed by atoms with E-state index >= 15 is 0 Å². The zero-order valence-electron chi connectivity index (χ0n) is 14.6. The Labute approximate surface area is 153 Å². The molecule has 7 heteroatoms. The predicted molar refractivity (Wildman–Crippen MR) is 101 cm³/mol. The lowest BCUT2D eigenvalue weighted by Gasteiger charge is -2.00. The topological polar surface area (TPSA) is 105 Å². The SMILES string of the molecule is CC(=O)Oc1ccc(C=c2[nH]c(=O)c(=CCc3ccccc3)[nH]c2=O)nc1. The summed E-state index contributed by atoms with van der Waals surface area (Å²) in [7, 11) is 0. The Morgan fingerprint density at radius 2 is 1.74 bits per heavy atom. The molecule has 2 heterocycles. The molecule has 0 saturated heterocycles. The van der Waals surface area contributed by atoms with E-state index in [1.165, 1.54) is 19.2 Å². The molecule has 0 spiro atoms. The maximum absolute atomic E-state index is 12.2. The number of ether oxygens (including phenoxy) is 1. The van der Waals surface area contributed by atoms with Gasteiger partial charge in [-0.2, -0.15) is 0 Å². The maximum Gasteiger partial charge on any atom is 0.308 e. The second-order valence-electron chi connectivity index (χ2n) is 5.79. The normalized spacial score (nSPS) is 12.2. The second kappa shape index (κ2) is 8.09. The third kappa shape index (κ3) is 4.88. The first-order valence-electron chi connectivity index (χ1n) is 8.24. The zero-order valence-corrected chi connectivity index (χ0v) is 14.6. The largest absolute Gasteiger partial charge is 0.425 e. The van der Waals surface area contributed by atoms with Gasteiger partial charge in [-0.1, -0.05) is 36.4 Å². The summed E-state index contributed by atoms with van der Waals surface area (Å²) in [6.07, 6.45) is 5.01. The van der Waals surface area contributed by atoms with Crippen molar-refractivity contribution in [1.29, 1.82) is 0 Å². The summed E-state index contributed by atoms with van der Waals surface area (Å²) in [6, 6.07) is 12.7. The summed E-state index contributed by atoms with van der Waals surface area (Å²) >= 11 is 0. The van der Waals surface area contributed by atoms with Crippen molar-refractivity contribution in [1.82, 2.24) is 15.0 Å². The molecule has 3 aromatic rings. The zero-order chi connectivity index (χ0) is 19.2.